The van der Waals surface area contributed by atoms with Crippen molar-refractivity contribution in [2.24, 2.45) is 5.92 Å². The molecule has 7 nitrogen and oxygen atoms in total. The lowest BCUT2D eigenvalue weighted by Gasteiger charge is -2.34. The second-order valence-corrected chi connectivity index (χ2v) is 13.6. The minimum atomic E-state index is -4.27. The summed E-state index contributed by atoms with van der Waals surface area (Å²) < 4.78 is 42.9. The molecule has 4 rings (SSSR count). The minimum Gasteiger partial charge on any atom is -0.354 e. The summed E-state index contributed by atoms with van der Waals surface area (Å²) in [6.07, 6.45) is 0.200. The second kappa shape index (κ2) is 15.2. The number of rotatable bonds is 13. The van der Waals surface area contributed by atoms with E-state index in [1.165, 1.54) is 29.2 Å². The third-order valence-corrected chi connectivity index (χ3v) is 9.26. The molecule has 4 aromatic carbocycles. The molecule has 0 aliphatic carbocycles. The second-order valence-electron chi connectivity index (χ2n) is 11.3. The first-order valence-corrected chi connectivity index (χ1v) is 16.5. The van der Waals surface area contributed by atoms with Crippen LogP contribution in [0.25, 0.3) is 0 Å². The van der Waals surface area contributed by atoms with Crippen LogP contribution in [0.4, 0.5) is 10.1 Å². The van der Waals surface area contributed by atoms with Gasteiger partial charge in [0.2, 0.25) is 11.8 Å². The number of hydrogen-bond donors (Lipinski definition) is 1. The molecule has 0 aliphatic heterocycles. The predicted molar refractivity (Wildman–Crippen MR) is 176 cm³/mol. The zero-order chi connectivity index (χ0) is 32.6. The zero-order valence-corrected chi connectivity index (χ0v) is 27.1. The summed E-state index contributed by atoms with van der Waals surface area (Å²) in [7, 11) is -4.27. The number of anilines is 1. The zero-order valence-electron chi connectivity index (χ0n) is 25.5. The van der Waals surface area contributed by atoms with Crippen molar-refractivity contribution in [2.45, 2.75) is 44.7 Å². The van der Waals surface area contributed by atoms with Gasteiger partial charge in [-0.25, -0.2) is 12.8 Å². The lowest BCUT2D eigenvalue weighted by molar-refractivity contribution is -0.140. The van der Waals surface area contributed by atoms with Gasteiger partial charge in [-0.2, -0.15) is 0 Å². The number of nitrogens with zero attached hydrogens (tertiary/aromatic N) is 2. The Labute approximate surface area is 269 Å². The van der Waals surface area contributed by atoms with E-state index in [-0.39, 0.29) is 35.4 Å². The van der Waals surface area contributed by atoms with Crippen LogP contribution in [0.15, 0.2) is 108 Å². The van der Waals surface area contributed by atoms with E-state index >= 15 is 0 Å². The monoisotopic (exact) mass is 649 g/mol. The molecule has 0 fully saturated rings. The highest BCUT2D eigenvalue weighted by atomic mass is 35.5. The molecule has 4 aromatic rings. The fraction of sp³-hybridized carbons (Fsp3) is 0.257. The maximum absolute atomic E-state index is 14.4. The number of amides is 2. The molecule has 1 unspecified atom stereocenters. The van der Waals surface area contributed by atoms with Gasteiger partial charge in [0.15, 0.2) is 0 Å². The number of carbonyl (C=O) groups excluding carboxylic acids is 2. The van der Waals surface area contributed by atoms with Crippen molar-refractivity contribution in [3.05, 3.63) is 131 Å². The van der Waals surface area contributed by atoms with Gasteiger partial charge < -0.3 is 10.2 Å². The van der Waals surface area contributed by atoms with Crippen LogP contribution in [0.5, 0.6) is 0 Å². The van der Waals surface area contributed by atoms with Crippen LogP contribution < -0.4 is 9.62 Å². The molecule has 1 atom stereocenters. The minimum absolute atomic E-state index is 0.0183. The van der Waals surface area contributed by atoms with Gasteiger partial charge in [-0.1, -0.05) is 85.6 Å². The third-order valence-electron chi connectivity index (χ3n) is 7.22. The van der Waals surface area contributed by atoms with Crippen molar-refractivity contribution in [1.29, 1.82) is 0 Å². The molecule has 0 heterocycles. The Morgan fingerprint density at radius 2 is 1.47 bits per heavy atom. The van der Waals surface area contributed by atoms with E-state index in [1.54, 1.807) is 36.4 Å². The van der Waals surface area contributed by atoms with E-state index in [0.717, 1.165) is 27.6 Å². The van der Waals surface area contributed by atoms with E-state index in [2.05, 4.69) is 5.32 Å². The van der Waals surface area contributed by atoms with E-state index in [4.69, 9.17) is 11.6 Å². The fourth-order valence-electron chi connectivity index (χ4n) is 4.74. The third kappa shape index (κ3) is 9.15. The van der Waals surface area contributed by atoms with Gasteiger partial charge >= 0.3 is 0 Å². The largest absolute Gasteiger partial charge is 0.354 e. The van der Waals surface area contributed by atoms with Crippen LogP contribution in [-0.2, 0) is 32.6 Å². The molecule has 236 valence electrons. The Morgan fingerprint density at radius 3 is 2.07 bits per heavy atom. The number of nitrogens with one attached hydrogen (secondary N) is 1. The van der Waals surface area contributed by atoms with Gasteiger partial charge in [0, 0.05) is 24.5 Å². The summed E-state index contributed by atoms with van der Waals surface area (Å²) in [6, 6.07) is 26.4. The lowest BCUT2D eigenvalue weighted by Crippen LogP contribution is -2.53. The molecular weight excluding hydrogens is 613 g/mol. The first-order chi connectivity index (χ1) is 21.4. The Bertz CT molecular complexity index is 1680. The highest BCUT2D eigenvalue weighted by Crippen LogP contribution is 2.26. The lowest BCUT2D eigenvalue weighted by atomic mass is 10.0. The van der Waals surface area contributed by atoms with Gasteiger partial charge in [-0.15, -0.1) is 0 Å². The number of aryl methyl sites for hydroxylation is 1. The standard InChI is InChI=1S/C35H37ClFN3O4S/c1-25(2)22-38-35(42)33(21-27-7-5-4-6-8-27)39(23-28-11-13-29(36)14-12-28)34(41)24-40(31-17-15-30(37)16-18-31)45(43,44)32-19-9-26(3)10-20-32/h4-20,25,33H,21-24H2,1-3H3,(H,38,42). The highest BCUT2D eigenvalue weighted by molar-refractivity contribution is 7.92. The van der Waals surface area contributed by atoms with Gasteiger partial charge in [0.05, 0.1) is 10.6 Å². The summed E-state index contributed by atoms with van der Waals surface area (Å²) in [6.45, 7) is 5.57. The highest BCUT2D eigenvalue weighted by Gasteiger charge is 2.34. The van der Waals surface area contributed by atoms with Gasteiger partial charge in [-0.3, -0.25) is 13.9 Å². The van der Waals surface area contributed by atoms with Crippen molar-refractivity contribution >= 4 is 39.1 Å². The van der Waals surface area contributed by atoms with Crippen molar-refractivity contribution in [1.82, 2.24) is 10.2 Å². The first-order valence-electron chi connectivity index (χ1n) is 14.6. The van der Waals surface area contributed by atoms with Crippen molar-refractivity contribution in [3.8, 4) is 0 Å². The van der Waals surface area contributed by atoms with Crippen molar-refractivity contribution < 1.29 is 22.4 Å². The summed E-state index contributed by atoms with van der Waals surface area (Å²) in [5.74, 6) is -1.34. The summed E-state index contributed by atoms with van der Waals surface area (Å²) in [4.78, 5) is 29.6. The van der Waals surface area contributed by atoms with E-state index in [1.807, 2.05) is 51.1 Å². The first kappa shape index (κ1) is 33.7. The quantitative estimate of drug-likeness (QED) is 0.182. The molecule has 0 spiro atoms. The number of halogens is 2. The summed E-state index contributed by atoms with van der Waals surface area (Å²) >= 11 is 6.12. The Balaban J connectivity index is 1.79. The molecule has 2 amide bonds. The molecule has 10 heteroatoms. The summed E-state index contributed by atoms with van der Waals surface area (Å²) in [5, 5.41) is 3.47. The van der Waals surface area contributed by atoms with Crippen molar-refractivity contribution in [2.75, 3.05) is 17.4 Å². The Morgan fingerprint density at radius 1 is 0.844 bits per heavy atom. The van der Waals surface area contributed by atoms with Crippen LogP contribution in [0, 0.1) is 18.7 Å². The number of hydrogen-bond acceptors (Lipinski definition) is 4. The average molecular weight is 650 g/mol. The number of carbonyl (C=O) groups is 2. The van der Waals surface area contributed by atoms with Gasteiger partial charge in [-0.05, 0) is 72.5 Å². The molecule has 0 radical (unpaired) electrons. The van der Waals surface area contributed by atoms with Crippen molar-refractivity contribution in [3.63, 3.8) is 0 Å². The van der Waals surface area contributed by atoms with E-state index in [0.29, 0.717) is 17.1 Å². The molecule has 45 heavy (non-hydrogen) atoms. The molecule has 0 aromatic heterocycles. The van der Waals surface area contributed by atoms with E-state index < -0.39 is 34.3 Å². The smallest absolute Gasteiger partial charge is 0.264 e. The average Bonchev–Trinajstić information content (AvgIpc) is 3.02. The molecule has 0 aliphatic rings. The number of benzene rings is 4. The van der Waals surface area contributed by atoms with Gasteiger partial charge in [0.25, 0.3) is 10.0 Å². The van der Waals surface area contributed by atoms with Crippen LogP contribution in [0.1, 0.15) is 30.5 Å². The molecule has 0 bridgehead atoms. The molecule has 0 saturated heterocycles. The van der Waals surface area contributed by atoms with Crippen LogP contribution >= 0.6 is 11.6 Å². The SMILES string of the molecule is Cc1ccc(S(=O)(=O)N(CC(=O)N(Cc2ccc(Cl)cc2)C(Cc2ccccc2)C(=O)NCC(C)C)c2ccc(F)cc2)cc1. The molecule has 0 saturated carbocycles. The van der Waals surface area contributed by atoms with E-state index in [9.17, 15) is 22.4 Å². The fourth-order valence-corrected chi connectivity index (χ4v) is 6.28. The topological polar surface area (TPSA) is 86.8 Å². The van der Waals surface area contributed by atoms with Crippen LogP contribution in [0.3, 0.4) is 0 Å². The Kier molecular flexibility index (Phi) is 11.4. The predicted octanol–water partition coefficient (Wildman–Crippen LogP) is 6.40. The Hall–Kier alpha value is -4.21. The number of sulfonamides is 1. The normalized spacial score (nSPS) is 12.0. The van der Waals surface area contributed by atoms with Gasteiger partial charge in [0.1, 0.15) is 18.4 Å². The van der Waals surface area contributed by atoms with Crippen LogP contribution in [0.2, 0.25) is 5.02 Å². The maximum atomic E-state index is 14.4. The van der Waals surface area contributed by atoms with Crippen LogP contribution in [-0.4, -0.2) is 44.3 Å². The maximum Gasteiger partial charge on any atom is 0.264 e. The summed E-state index contributed by atoms with van der Waals surface area (Å²) in [5.41, 5.74) is 2.51. The molecule has 1 N–H and O–H groups in total. The molecular formula is C35H37ClFN3O4S.